The summed E-state index contributed by atoms with van der Waals surface area (Å²) in [6.45, 7) is 0.316. The van der Waals surface area contributed by atoms with Gasteiger partial charge in [-0.25, -0.2) is 9.29 Å². The number of carbonyl (C=O) groups is 2. The molecule has 0 unspecified atom stereocenters. The monoisotopic (exact) mass is 375 g/mol. The van der Waals surface area contributed by atoms with Gasteiger partial charge in [0.2, 0.25) is 11.8 Å². The molecule has 3 aliphatic heterocycles. The van der Waals surface area contributed by atoms with Crippen LogP contribution in [0.4, 0.5) is 10.2 Å². The minimum atomic E-state index is -0.406. The van der Waals surface area contributed by atoms with Gasteiger partial charge in [0, 0.05) is 17.3 Å². The zero-order valence-electron chi connectivity index (χ0n) is 13.6. The van der Waals surface area contributed by atoms with Gasteiger partial charge in [0.05, 0.1) is 30.6 Å². The lowest BCUT2D eigenvalue weighted by Crippen LogP contribution is -2.34. The third kappa shape index (κ3) is 2.23. The van der Waals surface area contributed by atoms with Crippen LogP contribution in [-0.4, -0.2) is 33.8 Å². The van der Waals surface area contributed by atoms with Gasteiger partial charge in [-0.2, -0.15) is 5.10 Å². The third-order valence-electron chi connectivity index (χ3n) is 5.49. The summed E-state index contributed by atoms with van der Waals surface area (Å²) in [6.07, 6.45) is 3.04. The summed E-state index contributed by atoms with van der Waals surface area (Å²) < 4.78 is 20.5. The van der Waals surface area contributed by atoms with E-state index in [1.54, 1.807) is 23.0 Å². The summed E-state index contributed by atoms with van der Waals surface area (Å²) in [5.74, 6) is -1.30. The molecular weight excluding hydrogens is 361 g/mol. The summed E-state index contributed by atoms with van der Waals surface area (Å²) in [4.78, 5) is 26.7. The maximum Gasteiger partial charge on any atom is 0.241 e. The fraction of sp³-hybridized carbons (Fsp3) is 0.389. The van der Waals surface area contributed by atoms with Gasteiger partial charge in [-0.1, -0.05) is 17.7 Å². The molecule has 1 aromatic carbocycles. The highest BCUT2D eigenvalue weighted by molar-refractivity contribution is 6.31. The summed E-state index contributed by atoms with van der Waals surface area (Å²) in [5, 5.41) is 4.66. The van der Waals surface area contributed by atoms with Crippen molar-refractivity contribution in [1.29, 1.82) is 0 Å². The van der Waals surface area contributed by atoms with Crippen LogP contribution in [0.15, 0.2) is 30.5 Å². The van der Waals surface area contributed by atoms with Gasteiger partial charge < -0.3 is 4.74 Å². The smallest absolute Gasteiger partial charge is 0.241 e. The Kier molecular flexibility index (Phi) is 3.45. The highest BCUT2D eigenvalue weighted by Crippen LogP contribution is 2.49. The van der Waals surface area contributed by atoms with E-state index in [1.807, 2.05) is 0 Å². The predicted molar refractivity (Wildman–Crippen MR) is 90.1 cm³/mol. The molecule has 0 radical (unpaired) electrons. The number of amides is 2. The van der Waals surface area contributed by atoms with Crippen LogP contribution in [0.25, 0.3) is 0 Å². The van der Waals surface area contributed by atoms with Crippen molar-refractivity contribution in [1.82, 2.24) is 9.78 Å². The van der Waals surface area contributed by atoms with Crippen LogP contribution in [0.5, 0.6) is 0 Å². The number of carbonyl (C=O) groups excluding carboxylic acids is 2. The standard InChI is InChI=1S/C18H15ClFN3O3/c19-11-7-10(20)2-1-9(11)8-22-6-5-14(21-22)23-17(24)15-12-3-4-13(26-12)16(15)18(23)25/h1-2,5-7,12-13,15-16H,3-4,8H2/t12-,13-,15-,16-/m1/s1. The van der Waals surface area contributed by atoms with Crippen LogP contribution >= 0.6 is 11.6 Å². The molecule has 2 bridgehead atoms. The number of benzene rings is 1. The topological polar surface area (TPSA) is 64.4 Å². The molecule has 4 heterocycles. The number of hydrogen-bond donors (Lipinski definition) is 0. The highest BCUT2D eigenvalue weighted by atomic mass is 35.5. The van der Waals surface area contributed by atoms with Crippen LogP contribution in [-0.2, 0) is 20.9 Å². The van der Waals surface area contributed by atoms with Gasteiger partial charge in [-0.15, -0.1) is 0 Å². The highest BCUT2D eigenvalue weighted by Gasteiger charge is 2.63. The number of anilines is 1. The van der Waals surface area contributed by atoms with Crippen molar-refractivity contribution in [2.45, 2.75) is 31.6 Å². The third-order valence-corrected chi connectivity index (χ3v) is 5.84. The Morgan fingerprint density at radius 2 is 1.85 bits per heavy atom. The molecule has 4 atom stereocenters. The van der Waals surface area contributed by atoms with E-state index in [4.69, 9.17) is 16.3 Å². The van der Waals surface area contributed by atoms with Gasteiger partial charge in [0.25, 0.3) is 0 Å². The van der Waals surface area contributed by atoms with Crippen LogP contribution in [0.1, 0.15) is 18.4 Å². The lowest BCUT2D eigenvalue weighted by atomic mass is 9.81. The van der Waals surface area contributed by atoms with Crippen molar-refractivity contribution < 1.29 is 18.7 Å². The first-order valence-electron chi connectivity index (χ1n) is 8.53. The first-order valence-corrected chi connectivity index (χ1v) is 8.91. The fourth-order valence-corrected chi connectivity index (χ4v) is 4.55. The number of hydrogen-bond acceptors (Lipinski definition) is 4. The molecule has 2 aromatic rings. The van der Waals surface area contributed by atoms with Crippen LogP contribution < -0.4 is 4.90 Å². The van der Waals surface area contributed by atoms with Crippen molar-refractivity contribution in [3.63, 3.8) is 0 Å². The van der Waals surface area contributed by atoms with E-state index in [0.29, 0.717) is 22.9 Å². The van der Waals surface area contributed by atoms with E-state index in [2.05, 4.69) is 5.10 Å². The first kappa shape index (κ1) is 16.0. The molecule has 5 rings (SSSR count). The molecule has 3 fully saturated rings. The van der Waals surface area contributed by atoms with Gasteiger partial charge >= 0.3 is 0 Å². The number of nitrogens with zero attached hydrogens (tertiary/aromatic N) is 3. The molecule has 1 aromatic heterocycles. The van der Waals surface area contributed by atoms with Crippen molar-refractivity contribution >= 4 is 29.2 Å². The van der Waals surface area contributed by atoms with Crippen LogP contribution in [0.3, 0.4) is 0 Å². The zero-order chi connectivity index (χ0) is 18.0. The van der Waals surface area contributed by atoms with Gasteiger partial charge in [-0.05, 0) is 30.5 Å². The largest absolute Gasteiger partial charge is 0.373 e. The molecule has 2 amide bonds. The van der Waals surface area contributed by atoms with E-state index < -0.39 is 5.82 Å². The molecule has 3 aliphatic rings. The second-order valence-electron chi connectivity index (χ2n) is 6.96. The number of imide groups is 1. The zero-order valence-corrected chi connectivity index (χ0v) is 14.4. The Labute approximate surface area is 153 Å². The van der Waals surface area contributed by atoms with E-state index in [-0.39, 0.29) is 35.9 Å². The maximum atomic E-state index is 13.2. The molecule has 0 aliphatic carbocycles. The van der Waals surface area contributed by atoms with E-state index in [1.165, 1.54) is 17.0 Å². The minimum Gasteiger partial charge on any atom is -0.373 e. The summed E-state index contributed by atoms with van der Waals surface area (Å²) in [5.41, 5.74) is 0.699. The molecule has 0 spiro atoms. The Hall–Kier alpha value is -2.25. The van der Waals surface area contributed by atoms with Crippen molar-refractivity contribution in [3.8, 4) is 0 Å². The number of fused-ring (bicyclic) bond motifs is 5. The Morgan fingerprint density at radius 1 is 1.15 bits per heavy atom. The number of aromatic nitrogens is 2. The Bertz CT molecular complexity index is 902. The molecule has 3 saturated heterocycles. The van der Waals surface area contributed by atoms with E-state index in [0.717, 1.165) is 12.8 Å². The molecular formula is C18H15ClFN3O3. The second-order valence-corrected chi connectivity index (χ2v) is 7.37. The lowest BCUT2D eigenvalue weighted by Gasteiger charge is -2.15. The SMILES string of the molecule is O=C1[C@H]2[C@H](C(=O)N1c1ccn(Cc3ccc(F)cc3Cl)n1)[C@H]1CC[C@H]2O1. The number of halogens is 2. The summed E-state index contributed by atoms with van der Waals surface area (Å²) in [6, 6.07) is 5.80. The van der Waals surface area contributed by atoms with E-state index >= 15 is 0 Å². The predicted octanol–water partition coefficient (Wildman–Crippen LogP) is 2.39. The average Bonchev–Trinajstić information content (AvgIpc) is 3.35. The van der Waals surface area contributed by atoms with E-state index in [9.17, 15) is 14.0 Å². The van der Waals surface area contributed by atoms with Gasteiger partial charge in [0.1, 0.15) is 5.82 Å². The minimum absolute atomic E-state index is 0.147. The first-order chi connectivity index (χ1) is 12.5. The fourth-order valence-electron chi connectivity index (χ4n) is 4.32. The molecule has 6 nitrogen and oxygen atoms in total. The quantitative estimate of drug-likeness (QED) is 0.773. The van der Waals surface area contributed by atoms with Gasteiger partial charge in [0.15, 0.2) is 5.82 Å². The molecule has 8 heteroatoms. The van der Waals surface area contributed by atoms with Crippen LogP contribution in [0.2, 0.25) is 5.02 Å². The summed E-state index contributed by atoms with van der Waals surface area (Å²) >= 11 is 6.05. The molecule has 0 N–H and O–H groups in total. The molecule has 26 heavy (non-hydrogen) atoms. The summed E-state index contributed by atoms with van der Waals surface area (Å²) in [7, 11) is 0. The average molecular weight is 376 g/mol. The van der Waals surface area contributed by atoms with Crippen molar-refractivity contribution in [2.75, 3.05) is 4.90 Å². The number of rotatable bonds is 3. The Morgan fingerprint density at radius 3 is 2.50 bits per heavy atom. The van der Waals surface area contributed by atoms with Crippen molar-refractivity contribution in [3.05, 3.63) is 46.9 Å². The number of ether oxygens (including phenoxy) is 1. The molecule has 134 valence electrons. The normalized spacial score (nSPS) is 29.7. The van der Waals surface area contributed by atoms with Crippen LogP contribution in [0, 0.1) is 17.7 Å². The molecule has 0 saturated carbocycles. The van der Waals surface area contributed by atoms with Crippen molar-refractivity contribution in [2.24, 2.45) is 11.8 Å². The van der Waals surface area contributed by atoms with Gasteiger partial charge in [-0.3, -0.25) is 14.3 Å². The lowest BCUT2D eigenvalue weighted by molar-refractivity contribution is -0.124. The second kappa shape index (κ2) is 5.62. The maximum absolute atomic E-state index is 13.2. The Balaban J connectivity index is 1.40.